The molecule has 0 spiro atoms. The molecule has 0 aliphatic carbocycles. The van der Waals surface area contributed by atoms with Crippen molar-refractivity contribution in [1.82, 2.24) is 15.3 Å². The minimum absolute atomic E-state index is 0.153. The summed E-state index contributed by atoms with van der Waals surface area (Å²) in [5, 5.41) is 2.81. The zero-order valence-electron chi connectivity index (χ0n) is 13.8. The fourth-order valence-electron chi connectivity index (χ4n) is 2.65. The first-order chi connectivity index (χ1) is 12.0. The highest BCUT2D eigenvalue weighted by Gasteiger charge is 2.13. The van der Waals surface area contributed by atoms with Gasteiger partial charge in [-0.25, -0.2) is 4.79 Å². The third kappa shape index (κ3) is 4.09. The molecule has 0 bridgehead atoms. The van der Waals surface area contributed by atoms with Crippen molar-refractivity contribution < 1.29 is 14.3 Å². The van der Waals surface area contributed by atoms with E-state index >= 15 is 0 Å². The molecule has 2 aromatic rings. The van der Waals surface area contributed by atoms with Gasteiger partial charge in [0.1, 0.15) is 13.2 Å². The second kappa shape index (κ2) is 7.25. The van der Waals surface area contributed by atoms with Gasteiger partial charge in [-0.1, -0.05) is 6.07 Å². The Bertz CT molecular complexity index is 900. The summed E-state index contributed by atoms with van der Waals surface area (Å²) in [4.78, 5) is 39.6. The predicted octanol–water partition coefficient (Wildman–Crippen LogP) is 0.392. The van der Waals surface area contributed by atoms with Gasteiger partial charge in [-0.05, 0) is 31.0 Å². The average Bonchev–Trinajstić information content (AvgIpc) is 2.59. The first-order valence-corrected chi connectivity index (χ1v) is 8.00. The van der Waals surface area contributed by atoms with Gasteiger partial charge in [-0.2, -0.15) is 0 Å². The van der Waals surface area contributed by atoms with Crippen LogP contribution in [0.4, 0.5) is 0 Å². The summed E-state index contributed by atoms with van der Waals surface area (Å²) >= 11 is 0. The molecule has 1 amide bonds. The van der Waals surface area contributed by atoms with E-state index in [1.807, 2.05) is 18.2 Å². The molecule has 1 aliphatic rings. The summed E-state index contributed by atoms with van der Waals surface area (Å²) in [6, 6.07) is 5.52. The standard InChI is InChI=1S/C17H19N3O5/c1-10-12(16(22)20-17(23)19-10)3-5-15(21)18-9-11-2-4-13-14(8-11)25-7-6-24-13/h2,4,8H,3,5-7,9H2,1H3,(H,18,21)(H2,19,20,22,23). The molecule has 2 heterocycles. The van der Waals surface area contributed by atoms with Crippen LogP contribution in [0, 0.1) is 6.92 Å². The largest absolute Gasteiger partial charge is 0.486 e. The van der Waals surface area contributed by atoms with E-state index < -0.39 is 11.2 Å². The molecule has 3 rings (SSSR count). The number of rotatable bonds is 5. The lowest BCUT2D eigenvalue weighted by atomic mass is 10.1. The second-order valence-corrected chi connectivity index (χ2v) is 5.77. The maximum atomic E-state index is 12.0. The Morgan fingerprint density at radius 1 is 1.16 bits per heavy atom. The van der Waals surface area contributed by atoms with Gasteiger partial charge in [0.15, 0.2) is 11.5 Å². The van der Waals surface area contributed by atoms with Gasteiger partial charge in [0.2, 0.25) is 5.91 Å². The second-order valence-electron chi connectivity index (χ2n) is 5.77. The van der Waals surface area contributed by atoms with Gasteiger partial charge in [-0.15, -0.1) is 0 Å². The lowest BCUT2D eigenvalue weighted by Gasteiger charge is -2.19. The van der Waals surface area contributed by atoms with Crippen LogP contribution in [-0.4, -0.2) is 29.1 Å². The number of aromatic nitrogens is 2. The van der Waals surface area contributed by atoms with Crippen molar-refractivity contribution in [3.05, 3.63) is 55.9 Å². The molecular weight excluding hydrogens is 326 g/mol. The summed E-state index contributed by atoms with van der Waals surface area (Å²) < 4.78 is 11.0. The Kier molecular flexibility index (Phi) is 4.87. The molecule has 0 unspecified atom stereocenters. The van der Waals surface area contributed by atoms with Gasteiger partial charge in [0.05, 0.1) is 0 Å². The molecule has 25 heavy (non-hydrogen) atoms. The summed E-state index contributed by atoms with van der Waals surface area (Å²) in [6.45, 7) is 3.04. The first kappa shape index (κ1) is 16.8. The minimum Gasteiger partial charge on any atom is -0.486 e. The van der Waals surface area contributed by atoms with E-state index in [2.05, 4.69) is 15.3 Å². The van der Waals surface area contributed by atoms with Gasteiger partial charge >= 0.3 is 5.69 Å². The quantitative estimate of drug-likeness (QED) is 0.726. The lowest BCUT2D eigenvalue weighted by molar-refractivity contribution is -0.121. The van der Waals surface area contributed by atoms with Crippen molar-refractivity contribution in [1.29, 1.82) is 0 Å². The molecule has 1 aromatic carbocycles. The zero-order chi connectivity index (χ0) is 17.8. The first-order valence-electron chi connectivity index (χ1n) is 8.00. The van der Waals surface area contributed by atoms with Crippen molar-refractivity contribution in [2.24, 2.45) is 0 Å². The predicted molar refractivity (Wildman–Crippen MR) is 90.0 cm³/mol. The van der Waals surface area contributed by atoms with Crippen LogP contribution in [0.5, 0.6) is 11.5 Å². The topological polar surface area (TPSA) is 113 Å². The number of aromatic amines is 2. The molecule has 0 fully saturated rings. The van der Waals surface area contributed by atoms with Gasteiger partial charge in [0.25, 0.3) is 5.56 Å². The molecule has 1 aromatic heterocycles. The molecule has 132 valence electrons. The van der Waals surface area contributed by atoms with Crippen molar-refractivity contribution in [3.63, 3.8) is 0 Å². The minimum atomic E-state index is -0.547. The van der Waals surface area contributed by atoms with E-state index in [0.29, 0.717) is 42.5 Å². The molecule has 8 nitrogen and oxygen atoms in total. The van der Waals surface area contributed by atoms with Crippen LogP contribution in [0.3, 0.4) is 0 Å². The summed E-state index contributed by atoms with van der Waals surface area (Å²) in [5.41, 5.74) is 0.785. The third-order valence-electron chi connectivity index (χ3n) is 3.95. The van der Waals surface area contributed by atoms with Gasteiger partial charge in [-0.3, -0.25) is 14.6 Å². The van der Waals surface area contributed by atoms with Crippen molar-refractivity contribution in [2.45, 2.75) is 26.3 Å². The number of amides is 1. The zero-order valence-corrected chi connectivity index (χ0v) is 13.8. The number of nitrogens with one attached hydrogen (secondary N) is 3. The van der Waals surface area contributed by atoms with Crippen molar-refractivity contribution >= 4 is 5.91 Å². The Labute approximate surface area is 143 Å². The average molecular weight is 345 g/mol. The number of benzene rings is 1. The number of aryl methyl sites for hydroxylation is 1. The monoisotopic (exact) mass is 345 g/mol. The SMILES string of the molecule is Cc1[nH]c(=O)[nH]c(=O)c1CCC(=O)NCc1ccc2c(c1)OCCO2. The maximum absolute atomic E-state index is 12.0. The van der Waals surface area contributed by atoms with Crippen LogP contribution < -0.4 is 26.0 Å². The maximum Gasteiger partial charge on any atom is 0.325 e. The van der Waals surface area contributed by atoms with E-state index in [9.17, 15) is 14.4 Å². The molecule has 0 atom stereocenters. The molecule has 0 saturated heterocycles. The van der Waals surface area contributed by atoms with Crippen LogP contribution >= 0.6 is 0 Å². The Morgan fingerprint density at radius 3 is 2.68 bits per heavy atom. The number of H-pyrrole nitrogens is 2. The molecule has 0 saturated carbocycles. The number of ether oxygens (including phenoxy) is 2. The van der Waals surface area contributed by atoms with E-state index in [1.54, 1.807) is 6.92 Å². The van der Waals surface area contributed by atoms with Crippen molar-refractivity contribution in [2.75, 3.05) is 13.2 Å². The fraction of sp³-hybridized carbons (Fsp3) is 0.353. The number of hydrogen-bond acceptors (Lipinski definition) is 5. The molecular formula is C17H19N3O5. The van der Waals surface area contributed by atoms with E-state index in [4.69, 9.17) is 9.47 Å². The smallest absolute Gasteiger partial charge is 0.325 e. The lowest BCUT2D eigenvalue weighted by Crippen LogP contribution is -2.29. The number of fused-ring (bicyclic) bond motifs is 1. The van der Waals surface area contributed by atoms with Gasteiger partial charge < -0.3 is 19.8 Å². The van der Waals surface area contributed by atoms with Crippen LogP contribution in [0.25, 0.3) is 0 Å². The summed E-state index contributed by atoms with van der Waals surface area (Å²) in [5.74, 6) is 1.20. The number of hydrogen-bond donors (Lipinski definition) is 3. The Hall–Kier alpha value is -3.03. The normalized spacial score (nSPS) is 12.7. The van der Waals surface area contributed by atoms with Crippen LogP contribution in [-0.2, 0) is 17.8 Å². The van der Waals surface area contributed by atoms with E-state index in [-0.39, 0.29) is 18.7 Å². The highest BCUT2D eigenvalue weighted by molar-refractivity contribution is 5.76. The Morgan fingerprint density at radius 2 is 1.92 bits per heavy atom. The van der Waals surface area contributed by atoms with Crippen molar-refractivity contribution in [3.8, 4) is 11.5 Å². The molecule has 3 N–H and O–H groups in total. The highest BCUT2D eigenvalue weighted by Crippen LogP contribution is 2.30. The number of carbonyl (C=O) groups excluding carboxylic acids is 1. The number of carbonyl (C=O) groups is 1. The fourth-order valence-corrected chi connectivity index (χ4v) is 2.65. The summed E-state index contributed by atoms with van der Waals surface area (Å²) in [7, 11) is 0. The Balaban J connectivity index is 1.55. The summed E-state index contributed by atoms with van der Waals surface area (Å²) in [6.07, 6.45) is 0.408. The highest BCUT2D eigenvalue weighted by atomic mass is 16.6. The van der Waals surface area contributed by atoms with Crippen LogP contribution in [0.1, 0.15) is 23.2 Å². The van der Waals surface area contributed by atoms with E-state index in [0.717, 1.165) is 5.56 Å². The van der Waals surface area contributed by atoms with Gasteiger partial charge in [0, 0.05) is 24.2 Å². The van der Waals surface area contributed by atoms with Crippen LogP contribution in [0.2, 0.25) is 0 Å². The molecule has 8 heteroatoms. The molecule has 0 radical (unpaired) electrons. The van der Waals surface area contributed by atoms with E-state index in [1.165, 1.54) is 0 Å². The van der Waals surface area contributed by atoms with Crippen LogP contribution in [0.15, 0.2) is 27.8 Å². The third-order valence-corrected chi connectivity index (χ3v) is 3.95. The molecule has 1 aliphatic heterocycles.